The molecule has 2 aromatic carbocycles. The standard InChI is InChI=1S/C17H15N3OS/c1-11-5-2-3-8-14(11)16(21)15-10-22-17(20-15)19-13-7-4-6-12(18)9-13/h2-10H,18H2,1H3,(H,19,20). The van der Waals surface area contributed by atoms with Crippen molar-refractivity contribution in [3.05, 3.63) is 70.7 Å². The molecule has 0 spiro atoms. The van der Waals surface area contributed by atoms with Gasteiger partial charge in [-0.2, -0.15) is 0 Å². The lowest BCUT2D eigenvalue weighted by Crippen LogP contribution is -2.04. The number of ketones is 1. The van der Waals surface area contributed by atoms with E-state index >= 15 is 0 Å². The van der Waals surface area contributed by atoms with Gasteiger partial charge in [-0.25, -0.2) is 4.98 Å². The quantitative estimate of drug-likeness (QED) is 0.564. The van der Waals surface area contributed by atoms with Crippen molar-refractivity contribution in [3.63, 3.8) is 0 Å². The number of anilines is 3. The molecule has 3 N–H and O–H groups in total. The second-order valence-corrected chi connectivity index (χ2v) is 5.79. The molecule has 1 heterocycles. The van der Waals surface area contributed by atoms with Crippen LogP contribution in [0.15, 0.2) is 53.9 Å². The van der Waals surface area contributed by atoms with Crippen LogP contribution in [-0.2, 0) is 0 Å². The van der Waals surface area contributed by atoms with Crippen LogP contribution in [0.1, 0.15) is 21.6 Å². The smallest absolute Gasteiger partial charge is 0.212 e. The SMILES string of the molecule is Cc1ccccc1C(=O)c1csc(Nc2cccc(N)c2)n1. The fourth-order valence-electron chi connectivity index (χ4n) is 2.14. The third-order valence-electron chi connectivity index (χ3n) is 3.26. The van der Waals surface area contributed by atoms with Crippen LogP contribution in [-0.4, -0.2) is 10.8 Å². The molecule has 0 aliphatic carbocycles. The van der Waals surface area contributed by atoms with E-state index in [1.807, 2.05) is 55.5 Å². The first-order valence-electron chi connectivity index (χ1n) is 6.82. The monoisotopic (exact) mass is 309 g/mol. The Hall–Kier alpha value is -2.66. The molecule has 0 radical (unpaired) electrons. The van der Waals surface area contributed by atoms with Crippen LogP contribution in [0.2, 0.25) is 0 Å². The number of thiazole rings is 1. The van der Waals surface area contributed by atoms with Crippen LogP contribution in [0, 0.1) is 6.92 Å². The second kappa shape index (κ2) is 5.99. The van der Waals surface area contributed by atoms with Gasteiger partial charge in [-0.05, 0) is 30.7 Å². The molecule has 4 nitrogen and oxygen atoms in total. The topological polar surface area (TPSA) is 68.0 Å². The lowest BCUT2D eigenvalue weighted by atomic mass is 10.0. The number of nitrogens with two attached hydrogens (primary N) is 1. The number of hydrogen-bond acceptors (Lipinski definition) is 5. The Labute approximate surface area is 132 Å². The van der Waals surface area contributed by atoms with Gasteiger partial charge in [0.25, 0.3) is 0 Å². The summed E-state index contributed by atoms with van der Waals surface area (Å²) in [5.41, 5.74) is 9.36. The average Bonchev–Trinajstić information content (AvgIpc) is 2.95. The van der Waals surface area contributed by atoms with E-state index in [9.17, 15) is 4.79 Å². The summed E-state index contributed by atoms with van der Waals surface area (Å²) in [5.74, 6) is -0.0602. The van der Waals surface area contributed by atoms with Crippen molar-refractivity contribution in [1.82, 2.24) is 4.98 Å². The maximum atomic E-state index is 12.5. The number of benzene rings is 2. The predicted octanol–water partition coefficient (Wildman–Crippen LogP) is 4.01. The molecule has 3 aromatic rings. The van der Waals surface area contributed by atoms with Gasteiger partial charge in [0.2, 0.25) is 5.78 Å². The van der Waals surface area contributed by atoms with Gasteiger partial charge in [0.1, 0.15) is 5.69 Å². The van der Waals surface area contributed by atoms with E-state index in [4.69, 9.17) is 5.73 Å². The summed E-state index contributed by atoms with van der Waals surface area (Å²) in [4.78, 5) is 16.9. The Morgan fingerprint density at radius 2 is 2.00 bits per heavy atom. The zero-order chi connectivity index (χ0) is 15.5. The van der Waals surface area contributed by atoms with Crippen molar-refractivity contribution in [2.45, 2.75) is 6.92 Å². The summed E-state index contributed by atoms with van der Waals surface area (Å²) in [7, 11) is 0. The van der Waals surface area contributed by atoms with Gasteiger partial charge in [0.15, 0.2) is 5.13 Å². The molecule has 0 unspecified atom stereocenters. The molecule has 0 bridgehead atoms. The van der Waals surface area contributed by atoms with E-state index < -0.39 is 0 Å². The highest BCUT2D eigenvalue weighted by atomic mass is 32.1. The zero-order valence-electron chi connectivity index (χ0n) is 12.0. The summed E-state index contributed by atoms with van der Waals surface area (Å²) in [6.45, 7) is 1.92. The summed E-state index contributed by atoms with van der Waals surface area (Å²) in [5, 5.41) is 5.60. The number of carbonyl (C=O) groups is 1. The fourth-order valence-corrected chi connectivity index (χ4v) is 2.85. The number of nitrogens with zero attached hydrogens (tertiary/aromatic N) is 1. The van der Waals surface area contributed by atoms with E-state index in [-0.39, 0.29) is 5.78 Å². The highest BCUT2D eigenvalue weighted by Gasteiger charge is 2.15. The number of aromatic nitrogens is 1. The van der Waals surface area contributed by atoms with Crippen molar-refractivity contribution in [1.29, 1.82) is 0 Å². The van der Waals surface area contributed by atoms with Crippen molar-refractivity contribution in [2.24, 2.45) is 0 Å². The minimum Gasteiger partial charge on any atom is -0.399 e. The molecule has 1 aromatic heterocycles. The third-order valence-corrected chi connectivity index (χ3v) is 4.02. The summed E-state index contributed by atoms with van der Waals surface area (Å²) < 4.78 is 0. The van der Waals surface area contributed by atoms with E-state index in [1.165, 1.54) is 11.3 Å². The van der Waals surface area contributed by atoms with Crippen LogP contribution in [0.3, 0.4) is 0 Å². The van der Waals surface area contributed by atoms with E-state index in [0.29, 0.717) is 22.1 Å². The highest BCUT2D eigenvalue weighted by Crippen LogP contribution is 2.24. The molecule has 22 heavy (non-hydrogen) atoms. The van der Waals surface area contributed by atoms with Crippen LogP contribution in [0.4, 0.5) is 16.5 Å². The summed E-state index contributed by atoms with van der Waals surface area (Å²) in [6.07, 6.45) is 0. The first-order chi connectivity index (χ1) is 10.6. The first kappa shape index (κ1) is 14.3. The number of hydrogen-bond donors (Lipinski definition) is 2. The fraction of sp³-hybridized carbons (Fsp3) is 0.0588. The molecule has 0 fully saturated rings. The third kappa shape index (κ3) is 2.99. The first-order valence-corrected chi connectivity index (χ1v) is 7.70. The van der Waals surface area contributed by atoms with Gasteiger partial charge in [0, 0.05) is 22.3 Å². The molecule has 0 aliphatic rings. The summed E-state index contributed by atoms with van der Waals surface area (Å²) >= 11 is 1.40. The molecule has 0 aliphatic heterocycles. The van der Waals surface area contributed by atoms with E-state index in [1.54, 1.807) is 5.38 Å². The van der Waals surface area contributed by atoms with Crippen LogP contribution >= 0.6 is 11.3 Å². The Bertz CT molecular complexity index is 826. The van der Waals surface area contributed by atoms with Gasteiger partial charge in [0.05, 0.1) is 0 Å². The lowest BCUT2D eigenvalue weighted by molar-refractivity contribution is 0.103. The maximum absolute atomic E-state index is 12.5. The minimum atomic E-state index is -0.0602. The van der Waals surface area contributed by atoms with Gasteiger partial charge in [-0.3, -0.25) is 4.79 Å². The van der Waals surface area contributed by atoms with Crippen LogP contribution in [0.25, 0.3) is 0 Å². The Morgan fingerprint density at radius 1 is 1.18 bits per heavy atom. The number of rotatable bonds is 4. The Kier molecular flexibility index (Phi) is 3.89. The zero-order valence-corrected chi connectivity index (χ0v) is 12.9. The van der Waals surface area contributed by atoms with Gasteiger partial charge in [-0.1, -0.05) is 30.3 Å². The maximum Gasteiger partial charge on any atom is 0.212 e. The van der Waals surface area contributed by atoms with Crippen molar-refractivity contribution < 1.29 is 4.79 Å². The van der Waals surface area contributed by atoms with Gasteiger partial charge < -0.3 is 11.1 Å². The number of aryl methyl sites for hydroxylation is 1. The molecule has 0 amide bonds. The van der Waals surface area contributed by atoms with E-state index in [2.05, 4.69) is 10.3 Å². The second-order valence-electron chi connectivity index (χ2n) is 4.93. The Balaban J connectivity index is 1.82. The number of nitrogen functional groups attached to an aromatic ring is 1. The van der Waals surface area contributed by atoms with E-state index in [0.717, 1.165) is 11.3 Å². The molecule has 5 heteroatoms. The Morgan fingerprint density at radius 3 is 2.77 bits per heavy atom. The highest BCUT2D eigenvalue weighted by molar-refractivity contribution is 7.14. The van der Waals surface area contributed by atoms with Crippen molar-refractivity contribution >= 4 is 33.6 Å². The van der Waals surface area contributed by atoms with Crippen LogP contribution in [0.5, 0.6) is 0 Å². The molecule has 0 saturated heterocycles. The summed E-state index contributed by atoms with van der Waals surface area (Å²) in [6, 6.07) is 14.9. The number of nitrogens with one attached hydrogen (secondary N) is 1. The average molecular weight is 309 g/mol. The largest absolute Gasteiger partial charge is 0.399 e. The van der Waals surface area contributed by atoms with Gasteiger partial charge >= 0.3 is 0 Å². The van der Waals surface area contributed by atoms with Crippen molar-refractivity contribution in [3.8, 4) is 0 Å². The van der Waals surface area contributed by atoms with Gasteiger partial charge in [-0.15, -0.1) is 11.3 Å². The molecule has 0 atom stereocenters. The number of carbonyl (C=O) groups excluding carboxylic acids is 1. The predicted molar refractivity (Wildman–Crippen MR) is 90.9 cm³/mol. The molecule has 0 saturated carbocycles. The molecule has 110 valence electrons. The molecule has 3 rings (SSSR count). The van der Waals surface area contributed by atoms with Crippen LogP contribution < -0.4 is 11.1 Å². The van der Waals surface area contributed by atoms with Crippen molar-refractivity contribution in [2.75, 3.05) is 11.1 Å². The lowest BCUT2D eigenvalue weighted by Gasteiger charge is -2.03. The minimum absolute atomic E-state index is 0.0602. The normalized spacial score (nSPS) is 10.4. The molecular formula is C17H15N3OS. The molecular weight excluding hydrogens is 294 g/mol.